The lowest BCUT2D eigenvalue weighted by Crippen LogP contribution is -2.35. The molecule has 6 heteroatoms. The van der Waals surface area contributed by atoms with Gasteiger partial charge < -0.3 is 20.3 Å². The summed E-state index contributed by atoms with van der Waals surface area (Å²) in [6.07, 6.45) is -1.91. The van der Waals surface area contributed by atoms with Gasteiger partial charge in [0.2, 0.25) is 0 Å². The maximum atomic E-state index is 11.8. The van der Waals surface area contributed by atoms with Gasteiger partial charge in [-0.05, 0) is 29.2 Å². The monoisotopic (exact) mass is 355 g/mol. The molecule has 1 amide bonds. The van der Waals surface area contributed by atoms with Gasteiger partial charge in [0, 0.05) is 18.5 Å². The number of carbonyl (C=O) groups excluding carboxylic acids is 2. The number of hydrogen-bond acceptors (Lipinski definition) is 5. The highest BCUT2D eigenvalue weighted by molar-refractivity contribution is 6.00. The third kappa shape index (κ3) is 4.28. The maximum absolute atomic E-state index is 11.8. The van der Waals surface area contributed by atoms with Crippen LogP contribution >= 0.6 is 0 Å². The quantitative estimate of drug-likeness (QED) is 0.738. The molecule has 26 heavy (non-hydrogen) atoms. The Kier molecular flexibility index (Phi) is 5.65. The average Bonchev–Trinajstić information content (AvgIpc) is 3.05. The van der Waals surface area contributed by atoms with Gasteiger partial charge in [0.05, 0.1) is 0 Å². The molecule has 2 aromatic carbocycles. The van der Waals surface area contributed by atoms with Crippen molar-refractivity contribution >= 4 is 11.9 Å². The van der Waals surface area contributed by atoms with E-state index < -0.39 is 18.3 Å². The summed E-state index contributed by atoms with van der Waals surface area (Å²) in [6.45, 7) is -0.0436. The number of aryl methyl sites for hydroxylation is 1. The Morgan fingerprint density at radius 3 is 2.65 bits per heavy atom. The number of carbonyl (C=O) groups is 2. The molecule has 1 aliphatic rings. The third-order valence-corrected chi connectivity index (χ3v) is 4.43. The van der Waals surface area contributed by atoms with Crippen LogP contribution in [0.2, 0.25) is 0 Å². The van der Waals surface area contributed by atoms with Crippen LogP contribution in [0.4, 0.5) is 4.79 Å². The number of amides is 1. The van der Waals surface area contributed by atoms with E-state index in [0.717, 1.165) is 11.1 Å². The molecule has 2 aromatic rings. The Balaban J connectivity index is 1.50. The second kappa shape index (κ2) is 8.12. The lowest BCUT2D eigenvalue weighted by molar-refractivity contribution is 0.0184. The van der Waals surface area contributed by atoms with Gasteiger partial charge in [-0.1, -0.05) is 42.5 Å². The maximum Gasteiger partial charge on any atom is 0.407 e. The average molecular weight is 355 g/mol. The Morgan fingerprint density at radius 1 is 1.12 bits per heavy atom. The molecule has 0 radical (unpaired) electrons. The highest BCUT2D eigenvalue weighted by atomic mass is 16.5. The molecular weight excluding hydrogens is 334 g/mol. The van der Waals surface area contributed by atoms with E-state index in [9.17, 15) is 19.8 Å². The summed E-state index contributed by atoms with van der Waals surface area (Å²) in [7, 11) is 0. The largest absolute Gasteiger partial charge is 0.445 e. The first kappa shape index (κ1) is 18.1. The van der Waals surface area contributed by atoms with E-state index in [1.807, 2.05) is 30.3 Å². The first-order valence-corrected chi connectivity index (χ1v) is 8.51. The van der Waals surface area contributed by atoms with Crippen LogP contribution in [0.3, 0.4) is 0 Å². The number of ketones is 1. The summed E-state index contributed by atoms with van der Waals surface area (Å²) >= 11 is 0. The lowest BCUT2D eigenvalue weighted by Gasteiger charge is -2.19. The summed E-state index contributed by atoms with van der Waals surface area (Å²) in [5.41, 5.74) is 2.86. The van der Waals surface area contributed by atoms with Crippen molar-refractivity contribution in [1.82, 2.24) is 5.32 Å². The SMILES string of the molecule is O=C(NCC(O)C(O)c1ccc2c(c1)C(=O)CC2)OCc1ccccc1. The van der Waals surface area contributed by atoms with Gasteiger partial charge in [0.25, 0.3) is 0 Å². The van der Waals surface area contributed by atoms with Crippen LogP contribution in [0.25, 0.3) is 0 Å². The molecule has 0 spiro atoms. The van der Waals surface area contributed by atoms with E-state index >= 15 is 0 Å². The van der Waals surface area contributed by atoms with E-state index in [-0.39, 0.29) is 18.9 Å². The molecule has 2 unspecified atom stereocenters. The van der Waals surface area contributed by atoms with Crippen LogP contribution in [-0.4, -0.2) is 34.7 Å². The molecule has 0 fully saturated rings. The molecule has 3 N–H and O–H groups in total. The second-order valence-electron chi connectivity index (χ2n) is 6.29. The number of aliphatic hydroxyl groups excluding tert-OH is 2. The van der Waals surface area contributed by atoms with Crippen molar-refractivity contribution in [3.8, 4) is 0 Å². The number of fused-ring (bicyclic) bond motifs is 1. The molecule has 0 saturated heterocycles. The van der Waals surface area contributed by atoms with Crippen molar-refractivity contribution in [2.45, 2.75) is 31.7 Å². The number of ether oxygens (including phenoxy) is 1. The van der Waals surface area contributed by atoms with Crippen LogP contribution in [0.1, 0.15) is 39.6 Å². The molecule has 0 bridgehead atoms. The van der Waals surface area contributed by atoms with Crippen molar-refractivity contribution in [3.63, 3.8) is 0 Å². The standard InChI is InChI=1S/C20H21NO5/c22-17-9-8-14-6-7-15(10-16(14)17)19(24)18(23)11-21-20(25)26-12-13-4-2-1-3-5-13/h1-7,10,18-19,23-24H,8-9,11-12H2,(H,21,25). The zero-order valence-electron chi connectivity index (χ0n) is 14.2. The van der Waals surface area contributed by atoms with E-state index in [2.05, 4.69) is 5.32 Å². The second-order valence-corrected chi connectivity index (χ2v) is 6.29. The summed E-state index contributed by atoms with van der Waals surface area (Å²) in [6, 6.07) is 14.3. The van der Waals surface area contributed by atoms with Crippen molar-refractivity contribution in [2.75, 3.05) is 6.54 Å². The first-order valence-electron chi connectivity index (χ1n) is 8.51. The third-order valence-electron chi connectivity index (χ3n) is 4.43. The molecule has 0 aromatic heterocycles. The first-order chi connectivity index (χ1) is 12.5. The summed E-state index contributed by atoms with van der Waals surface area (Å²) in [4.78, 5) is 23.5. The van der Waals surface area contributed by atoms with Crippen molar-refractivity contribution in [1.29, 1.82) is 0 Å². The Bertz CT molecular complexity index is 790. The fraction of sp³-hybridized carbons (Fsp3) is 0.300. The van der Waals surface area contributed by atoms with Crippen LogP contribution < -0.4 is 5.32 Å². The fourth-order valence-electron chi connectivity index (χ4n) is 2.93. The minimum atomic E-state index is -1.21. The smallest absolute Gasteiger partial charge is 0.407 e. The normalized spacial score (nSPS) is 15.2. The fourth-order valence-corrected chi connectivity index (χ4v) is 2.93. The number of rotatable bonds is 6. The van der Waals surface area contributed by atoms with Crippen LogP contribution in [-0.2, 0) is 17.8 Å². The topological polar surface area (TPSA) is 95.9 Å². The lowest BCUT2D eigenvalue weighted by atomic mass is 9.99. The van der Waals surface area contributed by atoms with Crippen molar-refractivity contribution in [3.05, 3.63) is 70.8 Å². The molecule has 0 saturated carbocycles. The highest BCUT2D eigenvalue weighted by Gasteiger charge is 2.24. The van der Waals surface area contributed by atoms with Gasteiger partial charge in [-0.2, -0.15) is 0 Å². The number of benzene rings is 2. The van der Waals surface area contributed by atoms with Gasteiger partial charge >= 0.3 is 6.09 Å². The van der Waals surface area contributed by atoms with Gasteiger partial charge in [0.15, 0.2) is 5.78 Å². The van der Waals surface area contributed by atoms with Gasteiger partial charge in [-0.15, -0.1) is 0 Å². The summed E-state index contributed by atoms with van der Waals surface area (Å²) in [5, 5.41) is 22.8. The Morgan fingerprint density at radius 2 is 1.88 bits per heavy atom. The zero-order chi connectivity index (χ0) is 18.5. The number of aliphatic hydroxyl groups is 2. The predicted molar refractivity (Wildman–Crippen MR) is 94.7 cm³/mol. The van der Waals surface area contributed by atoms with E-state index in [0.29, 0.717) is 24.0 Å². The van der Waals surface area contributed by atoms with Crippen LogP contribution in [0, 0.1) is 0 Å². The van der Waals surface area contributed by atoms with Crippen LogP contribution in [0.5, 0.6) is 0 Å². The summed E-state index contributed by atoms with van der Waals surface area (Å²) in [5.74, 6) is 0.0474. The molecule has 0 heterocycles. The molecule has 136 valence electrons. The molecule has 0 aliphatic heterocycles. The number of alkyl carbamates (subject to hydrolysis) is 1. The minimum absolute atomic E-state index is 0.0474. The van der Waals surface area contributed by atoms with E-state index in [1.54, 1.807) is 18.2 Å². The van der Waals surface area contributed by atoms with Crippen molar-refractivity contribution in [2.24, 2.45) is 0 Å². The van der Waals surface area contributed by atoms with Gasteiger partial charge in [-0.3, -0.25) is 4.79 Å². The van der Waals surface area contributed by atoms with E-state index in [1.165, 1.54) is 0 Å². The Hall–Kier alpha value is -2.70. The predicted octanol–water partition coefficient (Wildman–Crippen LogP) is 2.14. The highest BCUT2D eigenvalue weighted by Crippen LogP contribution is 2.26. The number of nitrogens with one attached hydrogen (secondary N) is 1. The molecule has 2 atom stereocenters. The molecule has 6 nitrogen and oxygen atoms in total. The summed E-state index contributed by atoms with van der Waals surface area (Å²) < 4.78 is 5.05. The molecule has 3 rings (SSSR count). The molecular formula is C20H21NO5. The van der Waals surface area contributed by atoms with Gasteiger partial charge in [-0.25, -0.2) is 4.79 Å². The Labute approximate surface area is 151 Å². The number of hydrogen-bond donors (Lipinski definition) is 3. The zero-order valence-corrected chi connectivity index (χ0v) is 14.2. The minimum Gasteiger partial charge on any atom is -0.445 e. The number of Topliss-reactive ketones (excluding diaryl/α,β-unsaturated/α-hetero) is 1. The van der Waals surface area contributed by atoms with Crippen molar-refractivity contribution < 1.29 is 24.5 Å². The van der Waals surface area contributed by atoms with Crippen LogP contribution in [0.15, 0.2) is 48.5 Å². The van der Waals surface area contributed by atoms with Gasteiger partial charge in [0.1, 0.15) is 18.8 Å². The van der Waals surface area contributed by atoms with E-state index in [4.69, 9.17) is 4.74 Å². The molecule has 1 aliphatic carbocycles.